The van der Waals surface area contributed by atoms with E-state index in [1.807, 2.05) is 6.92 Å². The van der Waals surface area contributed by atoms with Gasteiger partial charge in [0.05, 0.1) is 12.5 Å². The van der Waals surface area contributed by atoms with Gasteiger partial charge in [0, 0.05) is 6.54 Å². The minimum absolute atomic E-state index is 0.418. The van der Waals surface area contributed by atoms with E-state index in [4.69, 9.17) is 0 Å². The summed E-state index contributed by atoms with van der Waals surface area (Å²) in [5, 5.41) is 0. The summed E-state index contributed by atoms with van der Waals surface area (Å²) in [4.78, 5) is 11.6. The molecule has 104 valence electrons. The summed E-state index contributed by atoms with van der Waals surface area (Å²) < 4.78 is 42.9. The molecule has 0 radical (unpaired) electrons. The fourth-order valence-corrected chi connectivity index (χ4v) is 1.54. The Bertz CT molecular complexity index is 546. The summed E-state index contributed by atoms with van der Waals surface area (Å²) in [6.45, 7) is 2.73. The van der Waals surface area contributed by atoms with Crippen LogP contribution in [0.25, 0.3) is 11.2 Å². The summed E-state index contributed by atoms with van der Waals surface area (Å²) in [5.74, 6) is 0. The van der Waals surface area contributed by atoms with Crippen LogP contribution in [0.15, 0.2) is 12.5 Å². The van der Waals surface area contributed by atoms with Crippen molar-refractivity contribution in [1.29, 1.82) is 0 Å². The zero-order valence-corrected chi connectivity index (χ0v) is 10.3. The number of rotatable bonds is 6. The van der Waals surface area contributed by atoms with Crippen molar-refractivity contribution in [2.24, 2.45) is 0 Å². The molecule has 0 saturated carbocycles. The molecule has 2 heterocycles. The Morgan fingerprint density at radius 1 is 1.32 bits per heavy atom. The Morgan fingerprint density at radius 2 is 2.11 bits per heavy atom. The van der Waals surface area contributed by atoms with Crippen molar-refractivity contribution in [1.82, 2.24) is 19.5 Å². The quantitative estimate of drug-likeness (QED) is 0.812. The number of imidazole rings is 1. The van der Waals surface area contributed by atoms with Gasteiger partial charge in [0.15, 0.2) is 5.65 Å². The summed E-state index contributed by atoms with van der Waals surface area (Å²) in [5.41, 5.74) is 0.954. The van der Waals surface area contributed by atoms with E-state index in [1.165, 1.54) is 6.20 Å². The monoisotopic (exact) mass is 274 g/mol. The molecule has 0 aliphatic carbocycles. The van der Waals surface area contributed by atoms with E-state index < -0.39 is 18.8 Å². The smallest absolute Gasteiger partial charge is 0.321 e. The summed E-state index contributed by atoms with van der Waals surface area (Å²) in [6.07, 6.45) is -1.15. The predicted molar refractivity (Wildman–Crippen MR) is 61.8 cm³/mol. The van der Waals surface area contributed by atoms with Gasteiger partial charge >= 0.3 is 18.8 Å². The van der Waals surface area contributed by atoms with Crippen LogP contribution in [0.4, 0.5) is 13.2 Å². The number of aromatic nitrogens is 4. The van der Waals surface area contributed by atoms with Gasteiger partial charge in [-0.1, -0.05) is 13.3 Å². The van der Waals surface area contributed by atoms with Gasteiger partial charge in [-0.25, -0.2) is 18.7 Å². The molecule has 2 aromatic heterocycles. The third kappa shape index (κ3) is 3.12. The van der Waals surface area contributed by atoms with Gasteiger partial charge < -0.3 is 9.30 Å². The minimum Gasteiger partial charge on any atom is -0.422 e. The number of unbranched alkanes of at least 4 members (excludes halogenated alkanes) is 1. The van der Waals surface area contributed by atoms with E-state index in [2.05, 4.69) is 19.7 Å². The van der Waals surface area contributed by atoms with Gasteiger partial charge in [0.1, 0.15) is 5.52 Å². The van der Waals surface area contributed by atoms with Crippen molar-refractivity contribution in [3.63, 3.8) is 0 Å². The highest BCUT2D eigenvalue weighted by atomic mass is 19.3. The molecule has 0 spiro atoms. The number of hydrogen-bond donors (Lipinski definition) is 0. The topological polar surface area (TPSA) is 52.8 Å². The third-order valence-corrected chi connectivity index (χ3v) is 2.50. The fourth-order valence-electron chi connectivity index (χ4n) is 1.54. The second-order valence-electron chi connectivity index (χ2n) is 3.96. The molecule has 0 bridgehead atoms. The molecule has 2 rings (SSSR count). The lowest BCUT2D eigenvalue weighted by Gasteiger charge is -2.08. The van der Waals surface area contributed by atoms with Crippen molar-refractivity contribution < 1.29 is 17.9 Å². The van der Waals surface area contributed by atoms with Gasteiger partial charge in [-0.2, -0.15) is 9.37 Å². The van der Waals surface area contributed by atoms with Crippen molar-refractivity contribution >= 4 is 11.2 Å². The number of ether oxygens (including phenoxy) is 1. The molecule has 0 fully saturated rings. The second kappa shape index (κ2) is 5.85. The van der Waals surface area contributed by atoms with Crippen LogP contribution in [0.5, 0.6) is 6.01 Å². The molecule has 0 aromatic carbocycles. The molecule has 0 amide bonds. The normalized spacial score (nSPS) is 13.1. The van der Waals surface area contributed by atoms with E-state index in [1.54, 1.807) is 10.9 Å². The van der Waals surface area contributed by atoms with Gasteiger partial charge in [0.2, 0.25) is 0 Å². The highest BCUT2D eigenvalue weighted by Crippen LogP contribution is 2.16. The Hall–Kier alpha value is -1.86. The van der Waals surface area contributed by atoms with E-state index in [9.17, 15) is 13.2 Å². The molecule has 1 atom stereocenters. The number of nitrogens with zero attached hydrogens (tertiary/aromatic N) is 4. The minimum atomic E-state index is -3.23. The van der Waals surface area contributed by atoms with Crippen LogP contribution in [0.3, 0.4) is 0 Å². The number of alkyl halides is 3. The molecular formula is C11H13F3N4O. The first-order valence-electron chi connectivity index (χ1n) is 5.88. The first-order valence-corrected chi connectivity index (χ1v) is 5.88. The Kier molecular flexibility index (Phi) is 4.18. The summed E-state index contributed by atoms with van der Waals surface area (Å²) in [6, 6.07) is -0.418. The Labute approximate surface area is 107 Å². The van der Waals surface area contributed by atoms with Gasteiger partial charge in [-0.15, -0.1) is 0 Å². The lowest BCUT2D eigenvalue weighted by molar-refractivity contribution is -0.0712. The maximum Gasteiger partial charge on any atom is 0.321 e. The highest BCUT2D eigenvalue weighted by molar-refractivity contribution is 5.69. The lowest BCUT2D eigenvalue weighted by atomic mass is 10.3. The largest absolute Gasteiger partial charge is 0.422 e. The molecule has 0 saturated heterocycles. The second-order valence-corrected chi connectivity index (χ2v) is 3.96. The number of hydrogen-bond acceptors (Lipinski definition) is 4. The maximum atomic E-state index is 12.8. The number of halogens is 3. The predicted octanol–water partition coefficient (Wildman–Crippen LogP) is 2.57. The number of fused-ring (bicyclic) bond motifs is 1. The van der Waals surface area contributed by atoms with E-state index in [0.717, 1.165) is 12.8 Å². The van der Waals surface area contributed by atoms with E-state index in [-0.39, 0.29) is 0 Å². The van der Waals surface area contributed by atoms with Crippen LogP contribution in [0, 0.1) is 0 Å². The average Bonchev–Trinajstić information content (AvgIpc) is 2.78. The first-order chi connectivity index (χ1) is 9.11. The molecule has 0 N–H and O–H groups in total. The lowest BCUT2D eigenvalue weighted by Crippen LogP contribution is -2.20. The van der Waals surface area contributed by atoms with Crippen molar-refractivity contribution in [3.8, 4) is 6.01 Å². The standard InChI is InChI=1S/C11H13F3N4O/c1-2-3-4-18-6-16-7-5-15-11(17-10(7)18)19-9(14)8(12)13/h5-6,8-9H,2-4H2,1H3. The molecule has 0 aliphatic heterocycles. The molecular weight excluding hydrogens is 261 g/mol. The molecule has 19 heavy (non-hydrogen) atoms. The Balaban J connectivity index is 2.22. The summed E-state index contributed by atoms with van der Waals surface area (Å²) in [7, 11) is 0. The number of aryl methyl sites for hydroxylation is 1. The van der Waals surface area contributed by atoms with Crippen molar-refractivity contribution in [3.05, 3.63) is 12.5 Å². The van der Waals surface area contributed by atoms with Crippen LogP contribution in [0.2, 0.25) is 0 Å². The van der Waals surface area contributed by atoms with Crippen molar-refractivity contribution in [2.75, 3.05) is 0 Å². The SMILES string of the molecule is CCCCn1cnc2cnc(OC(F)C(F)F)nc21. The van der Waals surface area contributed by atoms with Gasteiger partial charge in [-0.3, -0.25) is 0 Å². The van der Waals surface area contributed by atoms with Crippen LogP contribution in [-0.4, -0.2) is 32.3 Å². The average molecular weight is 274 g/mol. The molecule has 8 heteroatoms. The fraction of sp³-hybridized carbons (Fsp3) is 0.545. The highest BCUT2D eigenvalue weighted by Gasteiger charge is 2.22. The van der Waals surface area contributed by atoms with E-state index >= 15 is 0 Å². The summed E-state index contributed by atoms with van der Waals surface area (Å²) >= 11 is 0. The van der Waals surface area contributed by atoms with Crippen LogP contribution in [-0.2, 0) is 6.54 Å². The third-order valence-electron chi connectivity index (χ3n) is 2.50. The molecule has 0 aliphatic rings. The van der Waals surface area contributed by atoms with Crippen LogP contribution >= 0.6 is 0 Å². The molecule has 2 aromatic rings. The first kappa shape index (κ1) is 13.6. The maximum absolute atomic E-state index is 12.8. The van der Waals surface area contributed by atoms with Gasteiger partial charge in [0.25, 0.3) is 0 Å². The molecule has 1 unspecified atom stereocenters. The zero-order valence-electron chi connectivity index (χ0n) is 10.3. The Morgan fingerprint density at radius 3 is 2.79 bits per heavy atom. The van der Waals surface area contributed by atoms with Crippen LogP contribution < -0.4 is 4.74 Å². The van der Waals surface area contributed by atoms with Gasteiger partial charge in [-0.05, 0) is 6.42 Å². The molecule has 5 nitrogen and oxygen atoms in total. The van der Waals surface area contributed by atoms with Crippen molar-refractivity contribution in [2.45, 2.75) is 39.1 Å². The zero-order chi connectivity index (χ0) is 13.8. The van der Waals surface area contributed by atoms with Crippen LogP contribution in [0.1, 0.15) is 19.8 Å². The van der Waals surface area contributed by atoms with E-state index in [0.29, 0.717) is 17.7 Å².